The fraction of sp³-hybridized carbons (Fsp3) is 0.929. The third-order valence-electron chi connectivity index (χ3n) is 6.09. The van der Waals surface area contributed by atoms with Gasteiger partial charge in [0.25, 0.3) is 0 Å². The molecule has 0 amide bonds. The second kappa shape index (κ2) is 26.2. The summed E-state index contributed by atoms with van der Waals surface area (Å²) in [5, 5.41) is 9.00. The van der Waals surface area contributed by atoms with Gasteiger partial charge in [-0.05, 0) is 32.1 Å². The molecule has 0 aromatic heterocycles. The number of likely N-dealkylation sites (N-methyl/N-ethyl adjacent to an activating group) is 1. The van der Waals surface area contributed by atoms with E-state index in [1.807, 2.05) is 0 Å². The number of aliphatic hydroxyl groups excluding tert-OH is 1. The Balaban J connectivity index is 3.14. The molecule has 0 bridgehead atoms. The summed E-state index contributed by atoms with van der Waals surface area (Å²) in [6, 6.07) is 0. The van der Waals surface area contributed by atoms with Crippen LogP contribution < -0.4 is 0 Å². The second-order valence-electron chi connectivity index (χ2n) is 9.88. The highest BCUT2D eigenvalue weighted by molar-refractivity contribution is 4.81. The largest absolute Gasteiger partial charge is 0.391 e. The molecule has 0 fully saturated rings. The first-order chi connectivity index (χ1) is 16.1. The van der Waals surface area contributed by atoms with Gasteiger partial charge in [0.15, 0.2) is 0 Å². The number of hydrogen-bond donors (Lipinski definition) is 1. The van der Waals surface area contributed by atoms with Crippen LogP contribution in [-0.4, -0.2) is 83.0 Å². The minimum atomic E-state index is 0.216. The van der Waals surface area contributed by atoms with Gasteiger partial charge in [0.05, 0.1) is 53.7 Å². The topological polar surface area (TPSA) is 47.9 Å². The van der Waals surface area contributed by atoms with E-state index >= 15 is 0 Å². The number of hydrogen-bond acceptors (Lipinski definition) is 4. The standard InChI is InChI=1S/C28H58NO4/c1-4-5-6-7-8-9-10-11-12-13-14-15-16-17-18-19-23-31-25-27-33-28-26-32-24-21-29(2,3)20-22-30/h11-12,30H,4-10,13-28H2,1-3H3/q+1/b12-11+. The number of unbranched alkanes of at least 4 members (excludes halogenated alkanes) is 12. The molecule has 0 saturated carbocycles. The minimum Gasteiger partial charge on any atom is -0.391 e. The zero-order valence-corrected chi connectivity index (χ0v) is 22.5. The van der Waals surface area contributed by atoms with Crippen molar-refractivity contribution in [2.75, 3.05) is 73.4 Å². The second-order valence-corrected chi connectivity index (χ2v) is 9.88. The van der Waals surface area contributed by atoms with Crippen LogP contribution in [0.3, 0.4) is 0 Å². The molecule has 0 heterocycles. The van der Waals surface area contributed by atoms with E-state index in [1.54, 1.807) is 0 Å². The number of allylic oxidation sites excluding steroid dienone is 2. The van der Waals surface area contributed by atoms with Crippen LogP contribution in [0.5, 0.6) is 0 Å². The van der Waals surface area contributed by atoms with Gasteiger partial charge in [-0.1, -0.05) is 76.9 Å². The molecule has 0 unspecified atom stereocenters. The third-order valence-corrected chi connectivity index (χ3v) is 6.09. The first kappa shape index (κ1) is 32.5. The van der Waals surface area contributed by atoms with Crippen molar-refractivity contribution < 1.29 is 23.8 Å². The third kappa shape index (κ3) is 27.7. The van der Waals surface area contributed by atoms with Gasteiger partial charge in [-0.3, -0.25) is 0 Å². The van der Waals surface area contributed by atoms with E-state index in [-0.39, 0.29) is 6.61 Å². The lowest BCUT2D eigenvalue weighted by atomic mass is 10.1. The van der Waals surface area contributed by atoms with Crippen molar-refractivity contribution in [2.45, 2.75) is 96.8 Å². The van der Waals surface area contributed by atoms with E-state index in [0.29, 0.717) is 33.0 Å². The van der Waals surface area contributed by atoms with Crippen LogP contribution in [0.15, 0.2) is 12.2 Å². The maximum atomic E-state index is 9.00. The van der Waals surface area contributed by atoms with Crippen LogP contribution in [0.25, 0.3) is 0 Å². The number of aliphatic hydroxyl groups is 1. The van der Waals surface area contributed by atoms with Crippen molar-refractivity contribution in [3.05, 3.63) is 12.2 Å². The highest BCUT2D eigenvalue weighted by Gasteiger charge is 2.12. The number of rotatable bonds is 27. The average Bonchev–Trinajstić information content (AvgIpc) is 2.79. The quantitative estimate of drug-likeness (QED) is 0.0886. The normalized spacial score (nSPS) is 12.2. The van der Waals surface area contributed by atoms with Gasteiger partial charge < -0.3 is 23.8 Å². The lowest BCUT2D eigenvalue weighted by Crippen LogP contribution is -2.44. The molecule has 0 aliphatic heterocycles. The average molecular weight is 473 g/mol. The zero-order valence-electron chi connectivity index (χ0n) is 22.5. The van der Waals surface area contributed by atoms with Gasteiger partial charge in [0.2, 0.25) is 0 Å². The van der Waals surface area contributed by atoms with Crippen LogP contribution >= 0.6 is 0 Å². The minimum absolute atomic E-state index is 0.216. The van der Waals surface area contributed by atoms with Gasteiger partial charge in [0.1, 0.15) is 13.1 Å². The molecule has 0 aromatic carbocycles. The Morgan fingerprint density at radius 1 is 0.545 bits per heavy atom. The summed E-state index contributed by atoms with van der Waals surface area (Å²) < 4.78 is 17.6. The maximum Gasteiger partial charge on any atom is 0.102 e. The molecule has 5 heteroatoms. The van der Waals surface area contributed by atoms with Crippen molar-refractivity contribution in [2.24, 2.45) is 0 Å². The molecule has 1 N–H and O–H groups in total. The van der Waals surface area contributed by atoms with E-state index in [2.05, 4.69) is 33.2 Å². The van der Waals surface area contributed by atoms with E-state index in [9.17, 15) is 0 Å². The molecular formula is C28H58NO4+. The fourth-order valence-electron chi connectivity index (χ4n) is 3.69. The van der Waals surface area contributed by atoms with E-state index < -0.39 is 0 Å². The molecule has 5 nitrogen and oxygen atoms in total. The number of ether oxygens (including phenoxy) is 3. The molecule has 0 radical (unpaired) electrons. The highest BCUT2D eigenvalue weighted by Crippen LogP contribution is 2.10. The summed E-state index contributed by atoms with van der Waals surface area (Å²) in [6.07, 6.45) is 23.5. The molecule has 0 aliphatic rings. The Morgan fingerprint density at radius 3 is 1.55 bits per heavy atom. The smallest absolute Gasteiger partial charge is 0.102 e. The monoisotopic (exact) mass is 472 g/mol. The maximum absolute atomic E-state index is 9.00. The highest BCUT2D eigenvalue weighted by atomic mass is 16.5. The molecule has 33 heavy (non-hydrogen) atoms. The van der Waals surface area contributed by atoms with Crippen molar-refractivity contribution >= 4 is 0 Å². The summed E-state index contributed by atoms with van der Waals surface area (Å²) in [4.78, 5) is 0. The van der Waals surface area contributed by atoms with E-state index in [4.69, 9.17) is 19.3 Å². The molecule has 0 aliphatic carbocycles. The molecule has 0 saturated heterocycles. The predicted octanol–water partition coefficient (Wildman–Crippen LogP) is 6.14. The Kier molecular flexibility index (Phi) is 25.8. The first-order valence-electron chi connectivity index (χ1n) is 13.9. The lowest BCUT2D eigenvalue weighted by Gasteiger charge is -2.28. The van der Waals surface area contributed by atoms with Crippen LogP contribution in [0, 0.1) is 0 Å². The SMILES string of the molecule is CCCCCCCC/C=C/CCCCCCCCOCCOCCOCC[N+](C)(C)CCO. The van der Waals surface area contributed by atoms with Gasteiger partial charge in [-0.15, -0.1) is 0 Å². The Bertz CT molecular complexity index is 401. The fourth-order valence-corrected chi connectivity index (χ4v) is 3.69. The Hall–Kier alpha value is -0.460. The van der Waals surface area contributed by atoms with Crippen molar-refractivity contribution in [1.29, 1.82) is 0 Å². The Morgan fingerprint density at radius 2 is 1.00 bits per heavy atom. The van der Waals surface area contributed by atoms with Crippen LogP contribution in [0.4, 0.5) is 0 Å². The molecule has 198 valence electrons. The van der Waals surface area contributed by atoms with Crippen molar-refractivity contribution in [3.63, 3.8) is 0 Å². The van der Waals surface area contributed by atoms with Gasteiger partial charge in [-0.25, -0.2) is 0 Å². The van der Waals surface area contributed by atoms with Crippen molar-refractivity contribution in [3.8, 4) is 0 Å². The molecule has 0 rings (SSSR count). The summed E-state index contributed by atoms with van der Waals surface area (Å²) in [7, 11) is 4.20. The molecule has 0 spiro atoms. The van der Waals surface area contributed by atoms with Crippen molar-refractivity contribution in [1.82, 2.24) is 0 Å². The van der Waals surface area contributed by atoms with Crippen LogP contribution in [-0.2, 0) is 14.2 Å². The van der Waals surface area contributed by atoms with E-state index in [1.165, 1.54) is 83.5 Å². The first-order valence-corrected chi connectivity index (χ1v) is 13.9. The zero-order chi connectivity index (χ0) is 24.3. The number of nitrogens with zero attached hydrogens (tertiary/aromatic N) is 1. The van der Waals surface area contributed by atoms with Gasteiger partial charge in [0, 0.05) is 6.61 Å². The summed E-state index contributed by atoms with van der Waals surface area (Å²) in [6.45, 7) is 8.25. The predicted molar refractivity (Wildman–Crippen MR) is 141 cm³/mol. The number of quaternary nitrogens is 1. The summed E-state index contributed by atoms with van der Waals surface area (Å²) in [5.41, 5.74) is 0. The van der Waals surface area contributed by atoms with Crippen LogP contribution in [0.1, 0.15) is 96.8 Å². The molecule has 0 atom stereocenters. The Labute approximate surface area is 206 Å². The molecular weight excluding hydrogens is 414 g/mol. The van der Waals surface area contributed by atoms with Gasteiger partial charge >= 0.3 is 0 Å². The van der Waals surface area contributed by atoms with E-state index in [0.717, 1.165) is 30.6 Å². The summed E-state index contributed by atoms with van der Waals surface area (Å²) >= 11 is 0. The van der Waals surface area contributed by atoms with Crippen LogP contribution in [0.2, 0.25) is 0 Å². The lowest BCUT2D eigenvalue weighted by molar-refractivity contribution is -0.891. The van der Waals surface area contributed by atoms with Gasteiger partial charge in [-0.2, -0.15) is 0 Å². The molecule has 0 aromatic rings. The summed E-state index contributed by atoms with van der Waals surface area (Å²) in [5.74, 6) is 0.